The van der Waals surface area contributed by atoms with E-state index < -0.39 is 12.1 Å². The predicted molar refractivity (Wildman–Crippen MR) is 48.1 cm³/mol. The maximum absolute atomic E-state index is 10.6. The van der Waals surface area contributed by atoms with Crippen LogP contribution in [0.25, 0.3) is 0 Å². The van der Waals surface area contributed by atoms with Gasteiger partial charge in [0.05, 0.1) is 6.61 Å². The molecule has 0 aliphatic carbocycles. The summed E-state index contributed by atoms with van der Waals surface area (Å²) in [6, 6.07) is 0. The Hall–Kier alpha value is -0.860. The van der Waals surface area contributed by atoms with E-state index in [9.17, 15) is 13.2 Å². The lowest BCUT2D eigenvalue weighted by molar-refractivity contribution is -0.192. The van der Waals surface area contributed by atoms with Crippen molar-refractivity contribution in [2.24, 2.45) is 0 Å². The maximum Gasteiger partial charge on any atom is 0.490 e. The third kappa shape index (κ3) is 3.62. The number of ether oxygens (including phenoxy) is 1. The molecule has 16 heavy (non-hydrogen) atoms. The van der Waals surface area contributed by atoms with Gasteiger partial charge in [-0.1, -0.05) is 0 Å². The Balaban J connectivity index is 0.000000168. The van der Waals surface area contributed by atoms with Crippen LogP contribution >= 0.6 is 0 Å². The first kappa shape index (κ1) is 13.2. The van der Waals surface area contributed by atoms with Gasteiger partial charge in [-0.05, 0) is 0 Å². The normalized spacial score (nSPS) is 22.9. The van der Waals surface area contributed by atoms with Crippen LogP contribution < -0.4 is 10.6 Å². The average Bonchev–Trinajstić information content (AvgIpc) is 2.16. The minimum Gasteiger partial charge on any atom is -0.475 e. The summed E-state index contributed by atoms with van der Waals surface area (Å²) in [6.07, 6.45) is -5.08. The van der Waals surface area contributed by atoms with E-state index in [0.29, 0.717) is 0 Å². The van der Waals surface area contributed by atoms with E-state index in [2.05, 4.69) is 10.6 Å². The monoisotopic (exact) mass is 242 g/mol. The van der Waals surface area contributed by atoms with Crippen LogP contribution in [0, 0.1) is 0 Å². The van der Waals surface area contributed by atoms with E-state index >= 15 is 0 Å². The van der Waals surface area contributed by atoms with E-state index in [1.165, 1.54) is 0 Å². The van der Waals surface area contributed by atoms with E-state index in [1.54, 1.807) is 0 Å². The van der Waals surface area contributed by atoms with Gasteiger partial charge in [0.1, 0.15) is 5.60 Å². The fraction of sp³-hybridized carbons (Fsp3) is 0.875. The number of carbonyl (C=O) groups is 1. The van der Waals surface area contributed by atoms with Crippen molar-refractivity contribution in [2.75, 3.05) is 32.8 Å². The number of morpholine rings is 1. The summed E-state index contributed by atoms with van der Waals surface area (Å²) >= 11 is 0. The molecule has 0 aromatic heterocycles. The molecule has 2 heterocycles. The first-order valence-corrected chi connectivity index (χ1v) is 4.71. The standard InChI is InChI=1S/C6H12N2O.C2HF3O2/c1-2-9-6(3-7-1)4-8-5-6;3-2(4,5)1(6)7/h7-8H,1-5H2;(H,6,7). The molecule has 2 fully saturated rings. The Morgan fingerprint density at radius 1 is 1.25 bits per heavy atom. The van der Waals surface area contributed by atoms with Gasteiger partial charge >= 0.3 is 12.1 Å². The SMILES string of the molecule is C1COC2(CN1)CNC2.O=C(O)C(F)(F)F. The van der Waals surface area contributed by atoms with Crippen LogP contribution in [0.4, 0.5) is 13.2 Å². The molecule has 5 nitrogen and oxygen atoms in total. The fourth-order valence-corrected chi connectivity index (χ4v) is 1.34. The average molecular weight is 242 g/mol. The van der Waals surface area contributed by atoms with Crippen LogP contribution in [0.3, 0.4) is 0 Å². The Labute approximate surface area is 90.0 Å². The first-order valence-electron chi connectivity index (χ1n) is 4.71. The molecule has 2 saturated heterocycles. The second-order valence-electron chi connectivity index (χ2n) is 3.61. The lowest BCUT2D eigenvalue weighted by Gasteiger charge is -2.45. The van der Waals surface area contributed by atoms with Gasteiger partial charge in [-0.25, -0.2) is 4.79 Å². The molecule has 0 bridgehead atoms. The second kappa shape index (κ2) is 4.98. The van der Waals surface area contributed by atoms with Gasteiger partial charge in [0.15, 0.2) is 0 Å². The lowest BCUT2D eigenvalue weighted by Crippen LogP contribution is -2.68. The Bertz CT molecular complexity index is 245. The smallest absolute Gasteiger partial charge is 0.475 e. The van der Waals surface area contributed by atoms with Crippen molar-refractivity contribution in [3.8, 4) is 0 Å². The highest BCUT2D eigenvalue weighted by molar-refractivity contribution is 5.73. The van der Waals surface area contributed by atoms with Crippen molar-refractivity contribution >= 4 is 5.97 Å². The van der Waals surface area contributed by atoms with Gasteiger partial charge in [0.25, 0.3) is 0 Å². The van der Waals surface area contributed by atoms with Crippen molar-refractivity contribution in [2.45, 2.75) is 11.8 Å². The maximum atomic E-state index is 10.6. The van der Waals surface area contributed by atoms with Crippen molar-refractivity contribution in [1.82, 2.24) is 10.6 Å². The summed E-state index contributed by atoms with van der Waals surface area (Å²) in [4.78, 5) is 8.90. The molecule has 8 heteroatoms. The van der Waals surface area contributed by atoms with Crippen molar-refractivity contribution in [3.63, 3.8) is 0 Å². The van der Waals surface area contributed by atoms with Gasteiger partial charge in [0, 0.05) is 26.2 Å². The molecular weight excluding hydrogens is 229 g/mol. The molecule has 2 aliphatic heterocycles. The topological polar surface area (TPSA) is 70.6 Å². The number of carboxylic acid groups (broad SMARTS) is 1. The molecule has 0 radical (unpaired) electrons. The molecule has 0 aromatic carbocycles. The molecular formula is C8H13F3N2O3. The summed E-state index contributed by atoms with van der Waals surface area (Å²) in [7, 11) is 0. The quantitative estimate of drug-likeness (QED) is 0.538. The molecule has 0 aromatic rings. The molecule has 0 atom stereocenters. The number of hydrogen-bond donors (Lipinski definition) is 3. The molecule has 3 N–H and O–H groups in total. The van der Waals surface area contributed by atoms with Crippen molar-refractivity contribution < 1.29 is 27.8 Å². The Kier molecular flexibility index (Phi) is 4.11. The van der Waals surface area contributed by atoms with Crippen LogP contribution in [-0.2, 0) is 9.53 Å². The number of hydrogen-bond acceptors (Lipinski definition) is 4. The number of alkyl halides is 3. The number of aliphatic carboxylic acids is 1. The molecule has 0 saturated carbocycles. The summed E-state index contributed by atoms with van der Waals surface area (Å²) in [6.45, 7) is 4.98. The van der Waals surface area contributed by atoms with E-state index in [0.717, 1.165) is 32.8 Å². The summed E-state index contributed by atoms with van der Waals surface area (Å²) < 4.78 is 37.3. The van der Waals surface area contributed by atoms with Gasteiger partial charge in [-0.3, -0.25) is 0 Å². The lowest BCUT2D eigenvalue weighted by atomic mass is 9.96. The van der Waals surface area contributed by atoms with Gasteiger partial charge in [0.2, 0.25) is 0 Å². The van der Waals surface area contributed by atoms with Gasteiger partial charge in [-0.15, -0.1) is 0 Å². The minimum atomic E-state index is -5.08. The molecule has 2 rings (SSSR count). The van der Waals surface area contributed by atoms with Crippen molar-refractivity contribution in [1.29, 1.82) is 0 Å². The summed E-state index contributed by atoms with van der Waals surface area (Å²) in [5.41, 5.74) is 0.179. The number of rotatable bonds is 0. The molecule has 0 amide bonds. The largest absolute Gasteiger partial charge is 0.490 e. The zero-order valence-corrected chi connectivity index (χ0v) is 8.43. The third-order valence-electron chi connectivity index (χ3n) is 2.27. The zero-order chi connectivity index (χ0) is 12.2. The Morgan fingerprint density at radius 3 is 1.94 bits per heavy atom. The number of halogens is 3. The van der Waals surface area contributed by atoms with Crippen LogP contribution in [0.5, 0.6) is 0 Å². The third-order valence-corrected chi connectivity index (χ3v) is 2.27. The fourth-order valence-electron chi connectivity index (χ4n) is 1.34. The molecule has 2 aliphatic rings. The summed E-state index contributed by atoms with van der Waals surface area (Å²) in [5, 5.41) is 13.6. The van der Waals surface area contributed by atoms with Crippen LogP contribution in [0.1, 0.15) is 0 Å². The first-order chi connectivity index (χ1) is 7.36. The van der Waals surface area contributed by atoms with Gasteiger partial charge < -0.3 is 20.5 Å². The Morgan fingerprint density at radius 2 is 1.75 bits per heavy atom. The van der Waals surface area contributed by atoms with Crippen molar-refractivity contribution in [3.05, 3.63) is 0 Å². The highest BCUT2D eigenvalue weighted by atomic mass is 19.4. The zero-order valence-electron chi connectivity index (χ0n) is 8.43. The van der Waals surface area contributed by atoms with E-state index in [1.807, 2.05) is 0 Å². The molecule has 94 valence electrons. The van der Waals surface area contributed by atoms with Gasteiger partial charge in [-0.2, -0.15) is 13.2 Å². The molecule has 0 unspecified atom stereocenters. The van der Waals surface area contributed by atoms with E-state index in [4.69, 9.17) is 14.6 Å². The molecule has 1 spiro atoms. The van der Waals surface area contributed by atoms with E-state index in [-0.39, 0.29) is 5.60 Å². The number of carboxylic acids is 1. The van der Waals surface area contributed by atoms with Crippen LogP contribution in [0.15, 0.2) is 0 Å². The van der Waals surface area contributed by atoms with Crippen LogP contribution in [-0.4, -0.2) is 55.6 Å². The predicted octanol–water partition coefficient (Wildman–Crippen LogP) is -0.418. The van der Waals surface area contributed by atoms with Crippen LogP contribution in [0.2, 0.25) is 0 Å². The highest BCUT2D eigenvalue weighted by Gasteiger charge is 2.39. The summed E-state index contributed by atoms with van der Waals surface area (Å²) in [5.74, 6) is -2.76. The second-order valence-corrected chi connectivity index (χ2v) is 3.61. The minimum absolute atomic E-state index is 0.179. The number of nitrogens with one attached hydrogen (secondary N) is 2. The highest BCUT2D eigenvalue weighted by Crippen LogP contribution is 2.17.